The molecule has 0 bridgehead atoms. The molecule has 0 N–H and O–H groups in total. The molecule has 0 aliphatic rings. The number of thioether (sulfide) groups is 1. The molecule has 0 saturated heterocycles. The predicted molar refractivity (Wildman–Crippen MR) is 78.2 cm³/mol. The number of aromatic nitrogens is 3. The molecule has 0 fully saturated rings. The first-order valence-electron chi connectivity index (χ1n) is 6.29. The van der Waals surface area contributed by atoms with E-state index in [4.69, 9.17) is 4.42 Å². The zero-order valence-electron chi connectivity index (χ0n) is 10.9. The van der Waals surface area contributed by atoms with E-state index in [1.165, 1.54) is 0 Å². The van der Waals surface area contributed by atoms with E-state index in [9.17, 15) is 0 Å². The first-order valence-corrected chi connectivity index (χ1v) is 7.17. The monoisotopic (exact) mass is 283 g/mol. The summed E-state index contributed by atoms with van der Waals surface area (Å²) in [5.74, 6) is 1.16. The van der Waals surface area contributed by atoms with Gasteiger partial charge in [-0.15, -0.1) is 10.2 Å². The smallest absolute Gasteiger partial charge is 0.247 e. The summed E-state index contributed by atoms with van der Waals surface area (Å²) in [5, 5.41) is 9.23. The van der Waals surface area contributed by atoms with Crippen LogP contribution in [0.3, 0.4) is 0 Å². The zero-order chi connectivity index (χ0) is 13.8. The Bertz CT molecular complexity index is 670. The van der Waals surface area contributed by atoms with Crippen molar-refractivity contribution >= 4 is 11.8 Å². The van der Waals surface area contributed by atoms with E-state index in [0.717, 1.165) is 10.6 Å². The maximum absolute atomic E-state index is 5.73. The summed E-state index contributed by atoms with van der Waals surface area (Å²) in [5.41, 5.74) is 0.932. The molecule has 3 aromatic rings. The minimum Gasteiger partial charge on any atom is -0.419 e. The highest BCUT2D eigenvalue weighted by Crippen LogP contribution is 2.33. The predicted octanol–water partition coefficient (Wildman–Crippen LogP) is 3.98. The summed E-state index contributed by atoms with van der Waals surface area (Å²) >= 11 is 1.60. The summed E-state index contributed by atoms with van der Waals surface area (Å²) in [7, 11) is 0. The lowest BCUT2D eigenvalue weighted by Crippen LogP contribution is -1.89. The van der Waals surface area contributed by atoms with E-state index in [2.05, 4.69) is 15.2 Å². The Morgan fingerprint density at radius 3 is 2.55 bits per heavy atom. The highest BCUT2D eigenvalue weighted by molar-refractivity contribution is 7.99. The van der Waals surface area contributed by atoms with Crippen LogP contribution in [0.15, 0.2) is 64.2 Å². The summed E-state index contributed by atoms with van der Waals surface area (Å²) in [6.45, 7) is 2.03. The third-order valence-electron chi connectivity index (χ3n) is 2.74. The standard InChI is InChI=1S/C15H13N3OS/c1-11(20-13-9-5-6-10-16-13)14-17-18-15(19-14)12-7-3-2-4-8-12/h2-11H,1H3/t11-/m1/s1. The Hall–Kier alpha value is -2.14. The van der Waals surface area contributed by atoms with E-state index in [0.29, 0.717) is 11.8 Å². The van der Waals surface area contributed by atoms with E-state index in [1.54, 1.807) is 18.0 Å². The van der Waals surface area contributed by atoms with Gasteiger partial charge in [0.2, 0.25) is 11.8 Å². The van der Waals surface area contributed by atoms with Crippen molar-refractivity contribution in [3.63, 3.8) is 0 Å². The molecule has 0 spiro atoms. The van der Waals surface area contributed by atoms with Crippen molar-refractivity contribution < 1.29 is 4.42 Å². The van der Waals surface area contributed by atoms with Gasteiger partial charge in [-0.2, -0.15) is 0 Å². The van der Waals surface area contributed by atoms with Crippen LogP contribution in [-0.2, 0) is 0 Å². The highest BCUT2D eigenvalue weighted by Gasteiger charge is 2.16. The molecule has 0 amide bonds. The molecule has 2 aromatic heterocycles. The van der Waals surface area contributed by atoms with Gasteiger partial charge in [0.25, 0.3) is 0 Å². The number of nitrogens with zero attached hydrogens (tertiary/aromatic N) is 3. The van der Waals surface area contributed by atoms with Crippen LogP contribution in [0.5, 0.6) is 0 Å². The van der Waals surface area contributed by atoms with Crippen LogP contribution in [0.4, 0.5) is 0 Å². The topological polar surface area (TPSA) is 51.8 Å². The molecule has 100 valence electrons. The van der Waals surface area contributed by atoms with Gasteiger partial charge in [-0.3, -0.25) is 0 Å². The van der Waals surface area contributed by atoms with Crippen molar-refractivity contribution in [2.75, 3.05) is 0 Å². The summed E-state index contributed by atoms with van der Waals surface area (Å²) in [6, 6.07) is 15.6. The fourth-order valence-electron chi connectivity index (χ4n) is 1.74. The molecule has 0 radical (unpaired) electrons. The Morgan fingerprint density at radius 2 is 1.80 bits per heavy atom. The molecule has 0 aliphatic heterocycles. The van der Waals surface area contributed by atoms with Gasteiger partial charge in [-0.25, -0.2) is 4.98 Å². The van der Waals surface area contributed by atoms with Crippen molar-refractivity contribution in [2.45, 2.75) is 17.2 Å². The number of hydrogen-bond acceptors (Lipinski definition) is 5. The first-order chi connectivity index (χ1) is 9.83. The molecular weight excluding hydrogens is 270 g/mol. The van der Waals surface area contributed by atoms with E-state index < -0.39 is 0 Å². The molecule has 0 aliphatic carbocycles. The minimum absolute atomic E-state index is 0.0647. The van der Waals surface area contributed by atoms with E-state index in [1.807, 2.05) is 55.5 Å². The first kappa shape index (κ1) is 12.9. The third kappa shape index (κ3) is 2.88. The van der Waals surface area contributed by atoms with Crippen LogP contribution in [0, 0.1) is 0 Å². The number of pyridine rings is 1. The molecule has 3 rings (SSSR count). The zero-order valence-corrected chi connectivity index (χ0v) is 11.7. The molecule has 4 nitrogen and oxygen atoms in total. The second-order valence-electron chi connectivity index (χ2n) is 4.24. The lowest BCUT2D eigenvalue weighted by atomic mass is 10.2. The van der Waals surface area contributed by atoms with Gasteiger partial charge in [0, 0.05) is 11.8 Å². The fourth-order valence-corrected chi connectivity index (χ4v) is 2.58. The van der Waals surface area contributed by atoms with Crippen molar-refractivity contribution in [3.8, 4) is 11.5 Å². The number of rotatable bonds is 4. The molecule has 1 aromatic carbocycles. The maximum atomic E-state index is 5.73. The van der Waals surface area contributed by atoms with Crippen molar-refractivity contribution in [1.82, 2.24) is 15.2 Å². The van der Waals surface area contributed by atoms with E-state index >= 15 is 0 Å². The lowest BCUT2D eigenvalue weighted by molar-refractivity contribution is 0.509. The maximum Gasteiger partial charge on any atom is 0.247 e. The van der Waals surface area contributed by atoms with Gasteiger partial charge >= 0.3 is 0 Å². The van der Waals surface area contributed by atoms with Crippen molar-refractivity contribution in [1.29, 1.82) is 0 Å². The fraction of sp³-hybridized carbons (Fsp3) is 0.133. The van der Waals surface area contributed by atoms with Gasteiger partial charge in [-0.1, -0.05) is 36.0 Å². The SMILES string of the molecule is C[C@@H](Sc1ccccn1)c1nnc(-c2ccccc2)o1. The van der Waals surface area contributed by atoms with Crippen LogP contribution >= 0.6 is 11.8 Å². The number of hydrogen-bond donors (Lipinski definition) is 0. The van der Waals surface area contributed by atoms with Crippen molar-refractivity contribution in [3.05, 3.63) is 60.6 Å². The van der Waals surface area contributed by atoms with Gasteiger partial charge in [0.1, 0.15) is 0 Å². The summed E-state index contributed by atoms with van der Waals surface area (Å²) in [6.07, 6.45) is 1.78. The average Bonchev–Trinajstić information content (AvgIpc) is 2.99. The quantitative estimate of drug-likeness (QED) is 0.678. The van der Waals surface area contributed by atoms with Crippen LogP contribution in [-0.4, -0.2) is 15.2 Å². The van der Waals surface area contributed by atoms with Crippen LogP contribution in [0.1, 0.15) is 18.1 Å². The molecule has 2 heterocycles. The highest BCUT2D eigenvalue weighted by atomic mass is 32.2. The Balaban J connectivity index is 1.77. The molecule has 20 heavy (non-hydrogen) atoms. The summed E-state index contributed by atoms with van der Waals surface area (Å²) < 4.78 is 5.73. The molecule has 0 saturated carbocycles. The lowest BCUT2D eigenvalue weighted by Gasteiger charge is -2.04. The molecule has 5 heteroatoms. The van der Waals surface area contributed by atoms with Gasteiger partial charge in [0.05, 0.1) is 10.3 Å². The van der Waals surface area contributed by atoms with Crippen LogP contribution in [0.25, 0.3) is 11.5 Å². The number of benzene rings is 1. The average molecular weight is 283 g/mol. The van der Waals surface area contributed by atoms with Gasteiger partial charge < -0.3 is 4.42 Å². The van der Waals surface area contributed by atoms with E-state index in [-0.39, 0.29) is 5.25 Å². The third-order valence-corrected chi connectivity index (χ3v) is 3.78. The van der Waals surface area contributed by atoms with Gasteiger partial charge in [0.15, 0.2) is 0 Å². The second-order valence-corrected chi connectivity index (χ2v) is 5.60. The summed E-state index contributed by atoms with van der Waals surface area (Å²) in [4.78, 5) is 4.28. The van der Waals surface area contributed by atoms with Gasteiger partial charge in [-0.05, 0) is 31.2 Å². The Morgan fingerprint density at radius 1 is 1.00 bits per heavy atom. The normalized spacial score (nSPS) is 12.2. The van der Waals surface area contributed by atoms with Crippen LogP contribution in [0.2, 0.25) is 0 Å². The second kappa shape index (κ2) is 5.88. The molecule has 0 unspecified atom stereocenters. The largest absolute Gasteiger partial charge is 0.419 e. The minimum atomic E-state index is 0.0647. The molecular formula is C15H13N3OS. The van der Waals surface area contributed by atoms with Crippen LogP contribution < -0.4 is 0 Å². The Labute approximate surface area is 121 Å². The molecule has 1 atom stereocenters. The Kier molecular flexibility index (Phi) is 3.78. The van der Waals surface area contributed by atoms with Crippen molar-refractivity contribution in [2.24, 2.45) is 0 Å².